The maximum Gasteiger partial charge on any atom is 0.341 e. The summed E-state index contributed by atoms with van der Waals surface area (Å²) in [7, 11) is 8.09. The fourth-order valence-electron chi connectivity index (χ4n) is 3.22. The van der Waals surface area contributed by atoms with Gasteiger partial charge in [-0.3, -0.25) is 0 Å². The second kappa shape index (κ2) is 9.27. The second-order valence-corrected chi connectivity index (χ2v) is 7.46. The van der Waals surface area contributed by atoms with Gasteiger partial charge in [-0.05, 0) is 58.7 Å². The van der Waals surface area contributed by atoms with Gasteiger partial charge < -0.3 is 14.7 Å². The summed E-state index contributed by atoms with van der Waals surface area (Å²) < 4.78 is 7.35. The smallest absolute Gasteiger partial charge is 0.341 e. The molecule has 0 aromatic heterocycles. The minimum atomic E-state index is -0.992. The van der Waals surface area contributed by atoms with Gasteiger partial charge in [-0.2, -0.15) is 0 Å². The monoisotopic (exact) mass is 403 g/mol. The summed E-state index contributed by atoms with van der Waals surface area (Å²) in [5.41, 5.74) is 6.63. The first-order chi connectivity index (χ1) is 14.3. The number of benzene rings is 2. The lowest BCUT2D eigenvalue weighted by Crippen LogP contribution is -2.10. The first kappa shape index (κ1) is 21.1. The van der Waals surface area contributed by atoms with E-state index in [9.17, 15) is 4.79 Å². The van der Waals surface area contributed by atoms with Gasteiger partial charge in [0.25, 0.3) is 0 Å². The van der Waals surface area contributed by atoms with E-state index in [-0.39, 0.29) is 6.61 Å². The highest BCUT2D eigenvalue weighted by Gasteiger charge is 2.13. The number of aliphatic carboxylic acids is 1. The normalized spacial score (nSPS) is 12.7. The molecule has 1 aliphatic carbocycles. The van der Waals surface area contributed by atoms with Crippen molar-refractivity contribution in [1.82, 2.24) is 0 Å². The quantitative estimate of drug-likeness (QED) is 0.745. The Morgan fingerprint density at radius 1 is 0.900 bits per heavy atom. The predicted molar refractivity (Wildman–Crippen MR) is 122 cm³/mol. The Hall–Kier alpha value is -3.60. The fourth-order valence-corrected chi connectivity index (χ4v) is 3.22. The van der Waals surface area contributed by atoms with Gasteiger partial charge in [-0.25, -0.2) is 9.37 Å². The van der Waals surface area contributed by atoms with Gasteiger partial charge in [-0.1, -0.05) is 24.3 Å². The van der Waals surface area contributed by atoms with Crippen molar-refractivity contribution in [2.45, 2.75) is 0 Å². The maximum absolute atomic E-state index is 10.7. The molecule has 0 aliphatic heterocycles. The molecule has 2 aromatic carbocycles. The summed E-state index contributed by atoms with van der Waals surface area (Å²) in [4.78, 5) is 12.8. The van der Waals surface area contributed by atoms with Crippen LogP contribution >= 0.6 is 0 Å². The Morgan fingerprint density at radius 2 is 1.43 bits per heavy atom. The summed E-state index contributed by atoms with van der Waals surface area (Å²) in [5.74, 6) is -0.459. The number of anilines is 1. The van der Waals surface area contributed by atoms with E-state index in [2.05, 4.69) is 58.0 Å². The van der Waals surface area contributed by atoms with Crippen molar-refractivity contribution in [2.24, 2.45) is 0 Å². The van der Waals surface area contributed by atoms with E-state index < -0.39 is 5.97 Å². The van der Waals surface area contributed by atoms with Crippen LogP contribution in [0.4, 0.5) is 5.69 Å². The van der Waals surface area contributed by atoms with Gasteiger partial charge in [0.1, 0.15) is 19.8 Å². The number of rotatable bonds is 6. The number of carboxylic acid groups (broad SMARTS) is 1. The molecule has 3 rings (SSSR count). The SMILES string of the molecule is CN(C)c1ccc(C(=C2C=CC(=[N+](C)C)C=C2)c2ccc(OCC(=O)O)cc2)cc1. The zero-order chi connectivity index (χ0) is 21.7. The van der Waals surface area contributed by atoms with Gasteiger partial charge in [0, 0.05) is 31.9 Å². The molecule has 0 spiro atoms. The summed E-state index contributed by atoms with van der Waals surface area (Å²) in [6, 6.07) is 16.0. The minimum Gasteiger partial charge on any atom is -0.482 e. The van der Waals surface area contributed by atoms with Crippen LogP contribution in [0.15, 0.2) is 78.4 Å². The molecular weight excluding hydrogens is 376 g/mol. The molecule has 1 aliphatic rings. The van der Waals surface area contributed by atoms with E-state index in [1.54, 1.807) is 12.1 Å². The summed E-state index contributed by atoms with van der Waals surface area (Å²) in [6.45, 7) is -0.353. The summed E-state index contributed by atoms with van der Waals surface area (Å²) in [5, 5.41) is 8.80. The minimum absolute atomic E-state index is 0.353. The fraction of sp³-hybridized carbons (Fsp3) is 0.200. The van der Waals surface area contributed by atoms with Crippen molar-refractivity contribution < 1.29 is 19.2 Å². The van der Waals surface area contributed by atoms with Gasteiger partial charge in [-0.15, -0.1) is 0 Å². The van der Waals surface area contributed by atoms with Crippen LogP contribution < -0.4 is 9.64 Å². The third kappa shape index (κ3) is 5.06. The topological polar surface area (TPSA) is 52.8 Å². The Kier molecular flexibility index (Phi) is 6.52. The molecule has 0 saturated carbocycles. The number of nitrogens with zero attached hydrogens (tertiary/aromatic N) is 2. The molecule has 0 radical (unpaired) electrons. The van der Waals surface area contributed by atoms with Crippen molar-refractivity contribution in [1.29, 1.82) is 0 Å². The van der Waals surface area contributed by atoms with Gasteiger partial charge in [0.05, 0.1) is 0 Å². The Bertz CT molecular complexity index is 1020. The number of ether oxygens (including phenoxy) is 1. The van der Waals surface area contributed by atoms with Gasteiger partial charge >= 0.3 is 5.97 Å². The molecule has 0 bridgehead atoms. The van der Waals surface area contributed by atoms with Crippen molar-refractivity contribution in [3.8, 4) is 5.75 Å². The molecule has 2 aromatic rings. The lowest BCUT2D eigenvalue weighted by atomic mass is 9.90. The van der Waals surface area contributed by atoms with Crippen LogP contribution in [0.3, 0.4) is 0 Å². The van der Waals surface area contributed by atoms with Gasteiger partial charge in [0.15, 0.2) is 12.3 Å². The van der Waals surface area contributed by atoms with Crippen LogP contribution in [-0.4, -0.2) is 56.2 Å². The first-order valence-corrected chi connectivity index (χ1v) is 9.72. The summed E-state index contributed by atoms with van der Waals surface area (Å²) in [6.07, 6.45) is 8.46. The maximum atomic E-state index is 10.7. The summed E-state index contributed by atoms with van der Waals surface area (Å²) >= 11 is 0. The zero-order valence-electron chi connectivity index (χ0n) is 17.8. The lowest BCUT2D eigenvalue weighted by molar-refractivity contribution is -0.462. The van der Waals surface area contributed by atoms with Crippen molar-refractivity contribution in [3.05, 3.63) is 89.5 Å². The molecule has 5 nitrogen and oxygen atoms in total. The molecule has 0 fully saturated rings. The van der Waals surface area contributed by atoms with Crippen molar-refractivity contribution >= 4 is 22.9 Å². The van der Waals surface area contributed by atoms with Gasteiger partial charge in [0.2, 0.25) is 0 Å². The van der Waals surface area contributed by atoms with Crippen LogP contribution in [0.1, 0.15) is 11.1 Å². The average molecular weight is 404 g/mol. The molecule has 0 unspecified atom stereocenters. The van der Waals surface area contributed by atoms with Crippen LogP contribution in [-0.2, 0) is 4.79 Å². The highest BCUT2D eigenvalue weighted by Crippen LogP contribution is 2.31. The van der Waals surface area contributed by atoms with E-state index in [1.807, 2.05) is 40.3 Å². The van der Waals surface area contributed by atoms with E-state index >= 15 is 0 Å². The number of allylic oxidation sites excluding steroid dienone is 5. The predicted octanol–water partition coefficient (Wildman–Crippen LogP) is 3.86. The molecule has 0 amide bonds. The largest absolute Gasteiger partial charge is 0.482 e. The molecule has 5 heteroatoms. The van der Waals surface area contributed by atoms with Crippen molar-refractivity contribution in [3.63, 3.8) is 0 Å². The molecule has 1 N–H and O–H groups in total. The number of hydrogen-bond donors (Lipinski definition) is 1. The van der Waals surface area contributed by atoms with E-state index in [0.29, 0.717) is 5.75 Å². The van der Waals surface area contributed by atoms with E-state index in [0.717, 1.165) is 33.7 Å². The van der Waals surface area contributed by atoms with E-state index in [1.165, 1.54) is 0 Å². The Labute approximate surface area is 177 Å². The molecule has 154 valence electrons. The standard InChI is InChI=1S/C25H26N2O3/c1-26(2)21-11-5-18(6-12-21)25(19-7-13-22(14-8-19)27(3)4)20-9-15-23(16-10-20)30-17-24(28)29/h5-16H,17H2,1-4H3/p+1. The van der Waals surface area contributed by atoms with Crippen LogP contribution in [0, 0.1) is 0 Å². The Morgan fingerprint density at radius 3 is 1.90 bits per heavy atom. The molecular formula is C25H27N2O3+. The van der Waals surface area contributed by atoms with Crippen LogP contribution in [0.5, 0.6) is 5.75 Å². The van der Waals surface area contributed by atoms with Crippen LogP contribution in [0.25, 0.3) is 5.57 Å². The molecule has 30 heavy (non-hydrogen) atoms. The highest BCUT2D eigenvalue weighted by molar-refractivity contribution is 6.04. The van der Waals surface area contributed by atoms with Crippen LogP contribution in [0.2, 0.25) is 0 Å². The van der Waals surface area contributed by atoms with Crippen molar-refractivity contribution in [2.75, 3.05) is 39.7 Å². The number of hydrogen-bond acceptors (Lipinski definition) is 3. The van der Waals surface area contributed by atoms with E-state index in [4.69, 9.17) is 9.84 Å². The highest BCUT2D eigenvalue weighted by atomic mass is 16.5. The lowest BCUT2D eigenvalue weighted by Gasteiger charge is -2.17. The third-order valence-electron chi connectivity index (χ3n) is 4.85. The second-order valence-electron chi connectivity index (χ2n) is 7.46. The molecule has 0 atom stereocenters. The molecule has 0 heterocycles. The average Bonchev–Trinajstić information content (AvgIpc) is 2.74. The number of carbonyl (C=O) groups is 1. The first-order valence-electron chi connectivity index (χ1n) is 9.72. The molecule has 0 saturated heterocycles. The third-order valence-corrected chi connectivity index (χ3v) is 4.85. The number of carboxylic acids is 1. The Balaban J connectivity index is 2.04. The zero-order valence-corrected chi connectivity index (χ0v) is 17.8.